The largest absolute Gasteiger partial charge is 0.454 e. The van der Waals surface area contributed by atoms with E-state index in [-0.39, 0.29) is 24.2 Å². The van der Waals surface area contributed by atoms with Crippen molar-refractivity contribution in [3.63, 3.8) is 0 Å². The zero-order valence-corrected chi connectivity index (χ0v) is 17.9. The average Bonchev–Trinajstić information content (AvgIpc) is 3.32. The fourth-order valence-electron chi connectivity index (χ4n) is 4.30. The monoisotopic (exact) mass is 418 g/mol. The highest BCUT2D eigenvalue weighted by Gasteiger charge is 2.39. The lowest BCUT2D eigenvalue weighted by Crippen LogP contribution is -2.31. The summed E-state index contributed by atoms with van der Waals surface area (Å²) in [5.74, 6) is -1.40. The van der Waals surface area contributed by atoms with Gasteiger partial charge in [0.05, 0.1) is 12.0 Å². The van der Waals surface area contributed by atoms with Crippen molar-refractivity contribution in [1.29, 1.82) is 0 Å². The number of likely N-dealkylation sites (tertiary alicyclic amines) is 1. The number of hydrogen-bond donors (Lipinski definition) is 1. The Morgan fingerprint density at radius 3 is 2.48 bits per heavy atom. The molecule has 0 spiro atoms. The molecule has 3 atom stereocenters. The summed E-state index contributed by atoms with van der Waals surface area (Å²) in [6, 6.07) is 17.1. The molecule has 160 valence electrons. The van der Waals surface area contributed by atoms with Crippen LogP contribution in [0.1, 0.15) is 47.9 Å². The van der Waals surface area contributed by atoms with Crippen LogP contribution in [0, 0.1) is 12.8 Å². The molecule has 1 aliphatic heterocycles. The molecule has 4 rings (SSSR count). The van der Waals surface area contributed by atoms with Crippen LogP contribution >= 0.6 is 0 Å². The SMILES string of the molecule is Cc1[nH]c2ccccc2c1C(=O)[C@H](C)OC(=O)[C@H]1CC(=O)N([C@@H](C)c2ccccc2)C1. The number of rotatable bonds is 6. The van der Waals surface area contributed by atoms with Gasteiger partial charge in [-0.15, -0.1) is 0 Å². The van der Waals surface area contributed by atoms with Gasteiger partial charge in [0.2, 0.25) is 11.7 Å². The molecule has 0 saturated carbocycles. The van der Waals surface area contributed by atoms with Crippen molar-refractivity contribution >= 4 is 28.6 Å². The van der Waals surface area contributed by atoms with E-state index >= 15 is 0 Å². The number of carbonyl (C=O) groups is 3. The van der Waals surface area contributed by atoms with Crippen LogP contribution < -0.4 is 0 Å². The van der Waals surface area contributed by atoms with Crippen LogP contribution in [0.15, 0.2) is 54.6 Å². The first-order valence-corrected chi connectivity index (χ1v) is 10.5. The number of esters is 1. The van der Waals surface area contributed by atoms with Crippen molar-refractivity contribution < 1.29 is 19.1 Å². The van der Waals surface area contributed by atoms with E-state index in [0.29, 0.717) is 12.1 Å². The number of carbonyl (C=O) groups excluding carboxylic acids is 3. The topological polar surface area (TPSA) is 79.5 Å². The fourth-order valence-corrected chi connectivity index (χ4v) is 4.30. The number of aromatic nitrogens is 1. The second kappa shape index (κ2) is 8.38. The van der Waals surface area contributed by atoms with Gasteiger partial charge in [0.25, 0.3) is 0 Å². The van der Waals surface area contributed by atoms with Gasteiger partial charge in [-0.3, -0.25) is 14.4 Å². The van der Waals surface area contributed by atoms with Gasteiger partial charge in [0.15, 0.2) is 6.10 Å². The van der Waals surface area contributed by atoms with Gasteiger partial charge in [-0.1, -0.05) is 48.5 Å². The first kappa shape index (κ1) is 20.8. The van der Waals surface area contributed by atoms with E-state index in [2.05, 4.69) is 4.98 Å². The van der Waals surface area contributed by atoms with Gasteiger partial charge in [-0.2, -0.15) is 0 Å². The number of ketones is 1. The van der Waals surface area contributed by atoms with Crippen molar-refractivity contribution in [2.24, 2.45) is 5.92 Å². The van der Waals surface area contributed by atoms with Gasteiger partial charge >= 0.3 is 5.97 Å². The number of hydrogen-bond acceptors (Lipinski definition) is 4. The first-order valence-electron chi connectivity index (χ1n) is 10.5. The molecular formula is C25H26N2O4. The molecule has 0 bridgehead atoms. The molecule has 1 amide bonds. The maximum atomic E-state index is 13.0. The van der Waals surface area contributed by atoms with Gasteiger partial charge < -0.3 is 14.6 Å². The summed E-state index contributed by atoms with van der Waals surface area (Å²) in [6.07, 6.45) is -0.829. The molecule has 1 saturated heterocycles. The molecule has 2 heterocycles. The number of fused-ring (bicyclic) bond motifs is 1. The number of para-hydroxylation sites is 1. The number of benzene rings is 2. The Bertz CT molecular complexity index is 1130. The zero-order chi connectivity index (χ0) is 22.1. The van der Waals surface area contributed by atoms with E-state index in [4.69, 9.17) is 4.74 Å². The Kier molecular flexibility index (Phi) is 5.63. The third kappa shape index (κ3) is 3.98. The summed E-state index contributed by atoms with van der Waals surface area (Å²) >= 11 is 0. The van der Waals surface area contributed by atoms with E-state index in [1.165, 1.54) is 0 Å². The standard InChI is InChI=1S/C25H26N2O4/c1-15-23(20-11-7-8-12-21(20)26-15)24(29)17(3)31-25(30)19-13-22(28)27(14-19)16(2)18-9-5-4-6-10-18/h4-12,16-17,19,26H,13-14H2,1-3H3/t16-,17-,19-/m0/s1. The minimum atomic E-state index is -0.930. The van der Waals surface area contributed by atoms with Crippen LogP contribution in [0.5, 0.6) is 0 Å². The van der Waals surface area contributed by atoms with Crippen molar-refractivity contribution in [2.75, 3.05) is 6.54 Å². The summed E-state index contributed by atoms with van der Waals surface area (Å²) in [6.45, 7) is 5.66. The predicted molar refractivity (Wildman–Crippen MR) is 118 cm³/mol. The van der Waals surface area contributed by atoms with Gasteiger partial charge in [-0.25, -0.2) is 0 Å². The Morgan fingerprint density at radius 2 is 1.74 bits per heavy atom. The lowest BCUT2D eigenvalue weighted by molar-refractivity contribution is -0.151. The van der Waals surface area contributed by atoms with Crippen molar-refractivity contribution in [3.8, 4) is 0 Å². The number of nitrogens with one attached hydrogen (secondary N) is 1. The van der Waals surface area contributed by atoms with Crippen molar-refractivity contribution in [3.05, 3.63) is 71.4 Å². The Balaban J connectivity index is 1.44. The predicted octanol–water partition coefficient (Wildman–Crippen LogP) is 4.20. The summed E-state index contributed by atoms with van der Waals surface area (Å²) in [5.41, 5.74) is 3.17. The molecule has 0 radical (unpaired) electrons. The molecule has 2 aromatic carbocycles. The number of aromatic amines is 1. The number of ether oxygens (including phenoxy) is 1. The smallest absolute Gasteiger partial charge is 0.311 e. The molecule has 1 fully saturated rings. The zero-order valence-electron chi connectivity index (χ0n) is 17.9. The minimum Gasteiger partial charge on any atom is -0.454 e. The van der Waals surface area contributed by atoms with Gasteiger partial charge in [0, 0.05) is 35.1 Å². The van der Waals surface area contributed by atoms with E-state index < -0.39 is 18.0 Å². The summed E-state index contributed by atoms with van der Waals surface area (Å²) in [5, 5.41) is 0.812. The highest BCUT2D eigenvalue weighted by molar-refractivity contribution is 6.11. The van der Waals surface area contributed by atoms with E-state index in [1.54, 1.807) is 11.8 Å². The van der Waals surface area contributed by atoms with Crippen LogP contribution in [0.3, 0.4) is 0 Å². The molecule has 0 aliphatic carbocycles. The summed E-state index contributed by atoms with van der Waals surface area (Å²) in [4.78, 5) is 43.3. The summed E-state index contributed by atoms with van der Waals surface area (Å²) in [7, 11) is 0. The first-order chi connectivity index (χ1) is 14.9. The van der Waals surface area contributed by atoms with E-state index in [9.17, 15) is 14.4 Å². The highest BCUT2D eigenvalue weighted by Crippen LogP contribution is 2.30. The molecule has 31 heavy (non-hydrogen) atoms. The molecule has 3 aromatic rings. The summed E-state index contributed by atoms with van der Waals surface area (Å²) < 4.78 is 5.52. The lowest BCUT2D eigenvalue weighted by Gasteiger charge is -2.25. The van der Waals surface area contributed by atoms with Crippen molar-refractivity contribution in [1.82, 2.24) is 9.88 Å². The van der Waals surface area contributed by atoms with Crippen LogP contribution in [0.2, 0.25) is 0 Å². The number of Topliss-reactive ketones (excluding diaryl/α,β-unsaturated/α-hetero) is 1. The third-order valence-corrected chi connectivity index (χ3v) is 6.04. The van der Waals surface area contributed by atoms with Crippen LogP contribution in [-0.4, -0.2) is 40.2 Å². The maximum Gasteiger partial charge on any atom is 0.311 e. The molecule has 6 heteroatoms. The van der Waals surface area contributed by atoms with Crippen LogP contribution in [0.4, 0.5) is 0 Å². The fraction of sp³-hybridized carbons (Fsp3) is 0.320. The normalized spacial score (nSPS) is 18.2. The maximum absolute atomic E-state index is 13.0. The lowest BCUT2D eigenvalue weighted by atomic mass is 10.0. The Hall–Kier alpha value is -3.41. The van der Waals surface area contributed by atoms with E-state index in [1.807, 2.05) is 68.4 Å². The molecule has 1 N–H and O–H groups in total. The molecule has 0 unspecified atom stereocenters. The number of amides is 1. The molecule has 6 nitrogen and oxygen atoms in total. The Morgan fingerprint density at radius 1 is 1.06 bits per heavy atom. The Labute approximate surface area is 181 Å². The second-order valence-electron chi connectivity index (χ2n) is 8.15. The molecule has 1 aliphatic rings. The number of H-pyrrole nitrogens is 1. The quantitative estimate of drug-likeness (QED) is 0.481. The highest BCUT2D eigenvalue weighted by atomic mass is 16.5. The average molecular weight is 418 g/mol. The number of aryl methyl sites for hydroxylation is 1. The molecule has 1 aromatic heterocycles. The number of nitrogens with zero attached hydrogens (tertiary/aromatic N) is 1. The van der Waals surface area contributed by atoms with Crippen LogP contribution in [-0.2, 0) is 14.3 Å². The van der Waals surface area contributed by atoms with Crippen LogP contribution in [0.25, 0.3) is 10.9 Å². The third-order valence-electron chi connectivity index (χ3n) is 6.04. The molecular weight excluding hydrogens is 392 g/mol. The minimum absolute atomic E-state index is 0.0789. The van der Waals surface area contributed by atoms with E-state index in [0.717, 1.165) is 22.2 Å². The van der Waals surface area contributed by atoms with Gasteiger partial charge in [0.1, 0.15) is 0 Å². The van der Waals surface area contributed by atoms with Gasteiger partial charge in [-0.05, 0) is 32.4 Å². The second-order valence-corrected chi connectivity index (χ2v) is 8.15. The van der Waals surface area contributed by atoms with Crippen molar-refractivity contribution in [2.45, 2.75) is 39.3 Å².